The molecule has 164 valence electrons. The molecule has 1 heterocycles. The number of halogens is 1. The highest BCUT2D eigenvalue weighted by molar-refractivity contribution is 9.11. The van der Waals surface area contributed by atoms with Crippen molar-refractivity contribution >= 4 is 15.9 Å². The third kappa shape index (κ3) is 4.04. The van der Waals surface area contributed by atoms with Gasteiger partial charge in [0.25, 0.3) is 0 Å². The Hall–Kier alpha value is -1.42. The molecule has 8 heteroatoms. The Morgan fingerprint density at radius 1 is 1.20 bits per heavy atom. The van der Waals surface area contributed by atoms with Crippen molar-refractivity contribution in [3.05, 3.63) is 57.3 Å². The maximum absolute atomic E-state index is 10.7. The lowest BCUT2D eigenvalue weighted by atomic mass is 9.84. The van der Waals surface area contributed by atoms with Crippen molar-refractivity contribution in [1.29, 1.82) is 0 Å². The fourth-order valence-electron chi connectivity index (χ4n) is 4.78. The molecule has 5 atom stereocenters. The number of rotatable bonds is 6. The Morgan fingerprint density at radius 3 is 2.63 bits per heavy atom. The molecule has 1 aromatic rings. The number of piperidine rings is 1. The van der Waals surface area contributed by atoms with E-state index >= 15 is 0 Å². The molecule has 0 aromatic heterocycles. The molecule has 4 rings (SSSR count). The van der Waals surface area contributed by atoms with Crippen LogP contribution in [0, 0.1) is 5.92 Å². The van der Waals surface area contributed by atoms with Gasteiger partial charge in [-0.15, -0.1) is 0 Å². The number of hydroxylamine groups is 1. The van der Waals surface area contributed by atoms with E-state index in [2.05, 4.69) is 32.8 Å². The van der Waals surface area contributed by atoms with Crippen LogP contribution in [0.3, 0.4) is 0 Å². The van der Waals surface area contributed by atoms with Gasteiger partial charge in [0.15, 0.2) is 0 Å². The molecule has 1 saturated heterocycles. The number of nitrogens with zero attached hydrogens (tertiary/aromatic N) is 1. The highest BCUT2D eigenvalue weighted by Gasteiger charge is 2.66. The molecule has 0 bridgehead atoms. The smallest absolute Gasteiger partial charge is 0.0800 e. The van der Waals surface area contributed by atoms with Gasteiger partial charge in [-0.05, 0) is 40.9 Å². The van der Waals surface area contributed by atoms with Gasteiger partial charge < -0.3 is 20.6 Å². The van der Waals surface area contributed by atoms with E-state index in [1.165, 1.54) is 0 Å². The number of likely N-dealkylation sites (tertiary alicyclic amines) is 1. The molecule has 30 heavy (non-hydrogen) atoms. The van der Waals surface area contributed by atoms with Crippen LogP contribution in [0.15, 0.2) is 46.2 Å². The molecule has 7 nitrogen and oxygen atoms in total. The normalized spacial score (nSPS) is 34.1. The van der Waals surface area contributed by atoms with E-state index in [9.17, 15) is 20.5 Å². The van der Waals surface area contributed by atoms with Crippen molar-refractivity contribution in [2.24, 2.45) is 5.92 Å². The summed E-state index contributed by atoms with van der Waals surface area (Å²) in [6, 6.07) is 8.18. The molecular formula is C22H30BrN3O4. The molecule has 1 spiro atoms. The van der Waals surface area contributed by atoms with Crippen LogP contribution < -0.4 is 10.8 Å². The van der Waals surface area contributed by atoms with E-state index in [0.717, 1.165) is 34.1 Å². The third-order valence-electron chi connectivity index (χ3n) is 6.78. The zero-order chi connectivity index (χ0) is 21.5. The van der Waals surface area contributed by atoms with Gasteiger partial charge >= 0.3 is 0 Å². The zero-order valence-electron chi connectivity index (χ0n) is 17.1. The van der Waals surface area contributed by atoms with Gasteiger partial charge in [-0.25, -0.2) is 0 Å². The van der Waals surface area contributed by atoms with Crippen LogP contribution in [0.5, 0.6) is 0 Å². The summed E-state index contributed by atoms with van der Waals surface area (Å²) in [6.45, 7) is 3.47. The van der Waals surface area contributed by atoms with E-state index in [4.69, 9.17) is 0 Å². The average molecular weight is 480 g/mol. The first kappa shape index (κ1) is 21.8. The van der Waals surface area contributed by atoms with Gasteiger partial charge in [-0.1, -0.05) is 47.1 Å². The Balaban J connectivity index is 1.45. The van der Waals surface area contributed by atoms with Crippen LogP contribution in [0.1, 0.15) is 37.3 Å². The maximum Gasteiger partial charge on any atom is 0.0800 e. The standard InChI is InChI=1S/C22H30BrN3O4/c1-13-19(27)12-26(22(21(13)29)9-20(22)28)11-15-4-2-3-14(7-15)10-24-17-6-5-16(23)8-18(17)25-30/h2-4,7-8,13,19-21,24-25,27-30H,5-6,9-12H2,1H3/t13?,19-,20?,21-,22?/m0/s1. The first-order valence-electron chi connectivity index (χ1n) is 10.5. The van der Waals surface area contributed by atoms with Crippen molar-refractivity contribution in [2.45, 2.75) is 63.1 Å². The number of hydrogen-bond donors (Lipinski definition) is 6. The molecule has 1 aromatic carbocycles. The Labute approximate surface area is 185 Å². The predicted octanol–water partition coefficient (Wildman–Crippen LogP) is 1.72. The molecule has 6 N–H and O–H groups in total. The van der Waals surface area contributed by atoms with Crippen molar-refractivity contribution in [3.8, 4) is 0 Å². The number of β-amino-alcohol motifs (C(OH)–C–C–N with tert-alkyl or cyclic N) is 1. The minimum atomic E-state index is -0.740. The molecule has 3 unspecified atom stereocenters. The minimum Gasteiger partial charge on any atom is -0.391 e. The Morgan fingerprint density at radius 2 is 1.93 bits per heavy atom. The first-order chi connectivity index (χ1) is 14.3. The molecule has 0 radical (unpaired) electrons. The van der Waals surface area contributed by atoms with E-state index in [-0.39, 0.29) is 5.92 Å². The second-order valence-electron chi connectivity index (χ2n) is 8.73. The SMILES string of the molecule is CC1[C@@H](O)CN(Cc2cccc(CNC3=C(NO)C=C(Br)CC3)c2)C2(CC2O)[C@H]1O. The van der Waals surface area contributed by atoms with Gasteiger partial charge in [0.2, 0.25) is 0 Å². The van der Waals surface area contributed by atoms with Crippen molar-refractivity contribution in [2.75, 3.05) is 6.54 Å². The van der Waals surface area contributed by atoms with Gasteiger partial charge in [0.05, 0.1) is 29.5 Å². The molecule has 1 saturated carbocycles. The van der Waals surface area contributed by atoms with E-state index in [0.29, 0.717) is 31.8 Å². The number of aliphatic hydroxyl groups is 3. The quantitative estimate of drug-likeness (QED) is 0.344. The van der Waals surface area contributed by atoms with Crippen LogP contribution in [0.4, 0.5) is 0 Å². The second-order valence-corrected chi connectivity index (χ2v) is 9.75. The number of aliphatic hydroxyl groups excluding tert-OH is 3. The van der Waals surface area contributed by atoms with Crippen LogP contribution in [0.2, 0.25) is 0 Å². The predicted molar refractivity (Wildman–Crippen MR) is 116 cm³/mol. The molecule has 1 aliphatic heterocycles. The highest BCUT2D eigenvalue weighted by atomic mass is 79.9. The monoisotopic (exact) mass is 479 g/mol. The highest BCUT2D eigenvalue weighted by Crippen LogP contribution is 2.50. The Kier molecular flexibility index (Phi) is 6.25. The maximum atomic E-state index is 10.7. The average Bonchev–Trinajstić information content (AvgIpc) is 3.42. The van der Waals surface area contributed by atoms with E-state index < -0.39 is 23.9 Å². The fraction of sp³-hybridized carbons (Fsp3) is 0.545. The zero-order valence-corrected chi connectivity index (χ0v) is 18.6. The molecule has 2 fully saturated rings. The second kappa shape index (κ2) is 8.61. The van der Waals surface area contributed by atoms with Crippen LogP contribution in [-0.2, 0) is 13.1 Å². The molecular weight excluding hydrogens is 450 g/mol. The van der Waals surface area contributed by atoms with Gasteiger partial charge in [0.1, 0.15) is 0 Å². The lowest BCUT2D eigenvalue weighted by Gasteiger charge is -2.45. The van der Waals surface area contributed by atoms with Crippen LogP contribution in [0.25, 0.3) is 0 Å². The number of hydrogen-bond acceptors (Lipinski definition) is 7. The van der Waals surface area contributed by atoms with Crippen molar-refractivity contribution in [3.63, 3.8) is 0 Å². The fourth-order valence-corrected chi connectivity index (χ4v) is 5.21. The summed E-state index contributed by atoms with van der Waals surface area (Å²) >= 11 is 3.47. The largest absolute Gasteiger partial charge is 0.391 e. The van der Waals surface area contributed by atoms with E-state index in [1.807, 2.05) is 36.1 Å². The summed E-state index contributed by atoms with van der Waals surface area (Å²) in [5.41, 5.74) is 5.41. The minimum absolute atomic E-state index is 0.249. The van der Waals surface area contributed by atoms with Crippen molar-refractivity contribution in [1.82, 2.24) is 15.7 Å². The number of allylic oxidation sites excluding steroid dienone is 3. The Bertz CT molecular complexity index is 861. The first-order valence-corrected chi connectivity index (χ1v) is 11.2. The summed E-state index contributed by atoms with van der Waals surface area (Å²) in [4.78, 5) is 2.04. The lowest BCUT2D eigenvalue weighted by Crippen LogP contribution is -2.60. The molecule has 3 aliphatic rings. The third-order valence-corrected chi connectivity index (χ3v) is 7.41. The summed E-state index contributed by atoms with van der Waals surface area (Å²) in [7, 11) is 0. The summed E-state index contributed by atoms with van der Waals surface area (Å²) < 4.78 is 1.04. The van der Waals surface area contributed by atoms with Gasteiger partial charge in [-0.2, -0.15) is 0 Å². The number of nitrogens with one attached hydrogen (secondary N) is 2. The summed E-state index contributed by atoms with van der Waals surface area (Å²) in [6.07, 6.45) is 2.20. The topological polar surface area (TPSA) is 108 Å². The van der Waals surface area contributed by atoms with Gasteiger partial charge in [0, 0.05) is 31.2 Å². The molecule has 2 aliphatic carbocycles. The molecule has 0 amide bonds. The van der Waals surface area contributed by atoms with Crippen molar-refractivity contribution < 1.29 is 20.5 Å². The van der Waals surface area contributed by atoms with E-state index in [1.54, 1.807) is 0 Å². The van der Waals surface area contributed by atoms with Crippen LogP contribution >= 0.6 is 15.9 Å². The van der Waals surface area contributed by atoms with Gasteiger partial charge in [-0.3, -0.25) is 15.6 Å². The summed E-state index contributed by atoms with van der Waals surface area (Å²) in [5.74, 6) is -0.249. The lowest BCUT2D eigenvalue weighted by molar-refractivity contribution is -0.116. The number of benzene rings is 1. The van der Waals surface area contributed by atoms with Crippen LogP contribution in [-0.4, -0.2) is 55.8 Å². The summed E-state index contributed by atoms with van der Waals surface area (Å²) in [5, 5.41) is 44.1.